The van der Waals surface area contributed by atoms with Crippen LogP contribution in [0.5, 0.6) is 11.5 Å². The van der Waals surface area contributed by atoms with Gasteiger partial charge in [0.05, 0.1) is 29.9 Å². The molecule has 0 atom stereocenters. The van der Waals surface area contributed by atoms with Gasteiger partial charge in [-0.3, -0.25) is 4.98 Å². The molecule has 0 saturated heterocycles. The smallest absolute Gasteiger partial charge is 0.339 e. The van der Waals surface area contributed by atoms with Gasteiger partial charge < -0.3 is 19.9 Å². The van der Waals surface area contributed by atoms with Gasteiger partial charge in [0.1, 0.15) is 17.1 Å². The van der Waals surface area contributed by atoms with Crippen LogP contribution in [0.2, 0.25) is 0 Å². The van der Waals surface area contributed by atoms with Gasteiger partial charge in [0.15, 0.2) is 0 Å². The van der Waals surface area contributed by atoms with Crippen LogP contribution in [-0.4, -0.2) is 30.3 Å². The van der Waals surface area contributed by atoms with Crippen LogP contribution in [0.25, 0.3) is 10.9 Å². The molecule has 0 bridgehead atoms. The largest absolute Gasteiger partial charge is 0.497 e. The van der Waals surface area contributed by atoms with Crippen LogP contribution in [-0.2, 0) is 6.54 Å². The Kier molecular flexibility index (Phi) is 5.27. The highest BCUT2D eigenvalue weighted by molar-refractivity contribution is 9.10. The summed E-state index contributed by atoms with van der Waals surface area (Å²) in [6.07, 6.45) is 1.36. The van der Waals surface area contributed by atoms with Crippen molar-refractivity contribution in [3.05, 3.63) is 58.2 Å². The van der Waals surface area contributed by atoms with E-state index in [-0.39, 0.29) is 5.56 Å². The first-order valence-electron chi connectivity index (χ1n) is 7.80. The molecule has 134 valence electrons. The van der Waals surface area contributed by atoms with Crippen molar-refractivity contribution >= 4 is 38.5 Å². The van der Waals surface area contributed by atoms with Crippen molar-refractivity contribution in [1.82, 2.24) is 4.98 Å². The average molecular weight is 417 g/mol. The number of halogens is 1. The zero-order chi connectivity index (χ0) is 18.7. The molecule has 3 rings (SSSR count). The molecule has 0 saturated carbocycles. The van der Waals surface area contributed by atoms with Crippen LogP contribution in [0.3, 0.4) is 0 Å². The molecule has 0 aliphatic rings. The number of rotatable bonds is 6. The fourth-order valence-electron chi connectivity index (χ4n) is 2.64. The lowest BCUT2D eigenvalue weighted by molar-refractivity contribution is 0.0697. The molecule has 0 radical (unpaired) electrons. The molecule has 0 spiro atoms. The Labute approximate surface area is 158 Å². The lowest BCUT2D eigenvalue weighted by Crippen LogP contribution is -2.08. The Balaban J connectivity index is 2.01. The summed E-state index contributed by atoms with van der Waals surface area (Å²) < 4.78 is 11.2. The molecule has 1 heterocycles. The predicted octanol–water partition coefficient (Wildman–Crippen LogP) is 4.32. The van der Waals surface area contributed by atoms with Crippen molar-refractivity contribution in [2.24, 2.45) is 0 Å². The van der Waals surface area contributed by atoms with Gasteiger partial charge in [-0.15, -0.1) is 0 Å². The summed E-state index contributed by atoms with van der Waals surface area (Å²) in [6.45, 7) is 0.465. The quantitative estimate of drug-likeness (QED) is 0.622. The Bertz CT molecular complexity index is 958. The SMILES string of the molecule is COc1ccc(CNc2c(C(=O)O)cnc3cc(OC)c(Br)cc23)cc1. The van der Waals surface area contributed by atoms with E-state index in [1.807, 2.05) is 30.3 Å². The van der Waals surface area contributed by atoms with Gasteiger partial charge in [0, 0.05) is 24.2 Å². The molecule has 0 aliphatic heterocycles. The number of aromatic carboxylic acids is 1. The third-order valence-electron chi connectivity index (χ3n) is 4.00. The maximum atomic E-state index is 11.6. The molecule has 2 N–H and O–H groups in total. The number of carboxylic acid groups (broad SMARTS) is 1. The van der Waals surface area contributed by atoms with E-state index in [9.17, 15) is 9.90 Å². The summed E-state index contributed by atoms with van der Waals surface area (Å²) in [7, 11) is 3.18. The number of carbonyl (C=O) groups is 1. The van der Waals surface area contributed by atoms with E-state index in [1.54, 1.807) is 20.3 Å². The van der Waals surface area contributed by atoms with Gasteiger partial charge in [-0.1, -0.05) is 12.1 Å². The van der Waals surface area contributed by atoms with Crippen molar-refractivity contribution in [1.29, 1.82) is 0 Å². The highest BCUT2D eigenvalue weighted by Gasteiger charge is 2.16. The minimum Gasteiger partial charge on any atom is -0.497 e. The lowest BCUT2D eigenvalue weighted by atomic mass is 10.1. The first kappa shape index (κ1) is 18.0. The van der Waals surface area contributed by atoms with Crippen LogP contribution >= 0.6 is 15.9 Å². The summed E-state index contributed by atoms with van der Waals surface area (Å²) in [6, 6.07) is 11.2. The van der Waals surface area contributed by atoms with Crippen molar-refractivity contribution < 1.29 is 19.4 Å². The standard InChI is InChI=1S/C19H17BrN2O4/c1-25-12-5-3-11(4-6-12)9-22-18-13-7-15(20)17(26-2)8-16(13)21-10-14(18)19(23)24/h3-8,10H,9H2,1-2H3,(H,21,22)(H,23,24). The molecular weight excluding hydrogens is 400 g/mol. The Morgan fingerprint density at radius 3 is 2.54 bits per heavy atom. The molecule has 0 aliphatic carbocycles. The topological polar surface area (TPSA) is 80.7 Å². The molecule has 2 aromatic carbocycles. The van der Waals surface area contributed by atoms with Crippen LogP contribution < -0.4 is 14.8 Å². The second-order valence-corrected chi connectivity index (χ2v) is 6.41. The Morgan fingerprint density at radius 2 is 1.92 bits per heavy atom. The van der Waals surface area contributed by atoms with Gasteiger partial charge in [-0.05, 0) is 39.7 Å². The first-order chi connectivity index (χ1) is 12.5. The molecule has 7 heteroatoms. The van der Waals surface area contributed by atoms with Gasteiger partial charge in [0.2, 0.25) is 0 Å². The summed E-state index contributed by atoms with van der Waals surface area (Å²) in [5.74, 6) is 0.364. The number of anilines is 1. The number of carboxylic acids is 1. The van der Waals surface area contributed by atoms with E-state index in [1.165, 1.54) is 6.20 Å². The van der Waals surface area contributed by atoms with E-state index in [4.69, 9.17) is 9.47 Å². The van der Waals surface area contributed by atoms with E-state index >= 15 is 0 Å². The number of hydrogen-bond acceptors (Lipinski definition) is 5. The maximum Gasteiger partial charge on any atom is 0.339 e. The Morgan fingerprint density at radius 1 is 1.19 bits per heavy atom. The van der Waals surface area contributed by atoms with E-state index in [0.29, 0.717) is 28.9 Å². The lowest BCUT2D eigenvalue weighted by Gasteiger charge is -2.14. The second kappa shape index (κ2) is 7.61. The monoisotopic (exact) mass is 416 g/mol. The average Bonchev–Trinajstić information content (AvgIpc) is 2.65. The van der Waals surface area contributed by atoms with Crippen LogP contribution in [0.15, 0.2) is 47.1 Å². The number of methoxy groups -OCH3 is 2. The molecule has 3 aromatic rings. The zero-order valence-corrected chi connectivity index (χ0v) is 15.8. The van der Waals surface area contributed by atoms with Gasteiger partial charge in [-0.2, -0.15) is 0 Å². The van der Waals surface area contributed by atoms with Crippen LogP contribution in [0.1, 0.15) is 15.9 Å². The first-order valence-corrected chi connectivity index (χ1v) is 8.59. The normalized spacial score (nSPS) is 10.6. The molecular formula is C19H17BrN2O4. The van der Waals surface area contributed by atoms with Crippen molar-refractivity contribution in [2.45, 2.75) is 6.54 Å². The molecule has 26 heavy (non-hydrogen) atoms. The predicted molar refractivity (Wildman–Crippen MR) is 103 cm³/mol. The molecule has 0 unspecified atom stereocenters. The minimum absolute atomic E-state index is 0.114. The molecule has 1 aromatic heterocycles. The number of pyridine rings is 1. The second-order valence-electron chi connectivity index (χ2n) is 5.56. The third-order valence-corrected chi connectivity index (χ3v) is 4.62. The number of aromatic nitrogens is 1. The summed E-state index contributed by atoms with van der Waals surface area (Å²) >= 11 is 3.44. The Hall–Kier alpha value is -2.80. The summed E-state index contributed by atoms with van der Waals surface area (Å²) in [5.41, 5.74) is 2.27. The van der Waals surface area contributed by atoms with Crippen molar-refractivity contribution in [3.63, 3.8) is 0 Å². The van der Waals surface area contributed by atoms with Crippen LogP contribution in [0.4, 0.5) is 5.69 Å². The summed E-state index contributed by atoms with van der Waals surface area (Å²) in [4.78, 5) is 15.9. The van der Waals surface area contributed by atoms with E-state index in [2.05, 4.69) is 26.2 Å². The van der Waals surface area contributed by atoms with E-state index < -0.39 is 5.97 Å². The molecule has 6 nitrogen and oxygen atoms in total. The number of nitrogens with one attached hydrogen (secondary N) is 1. The number of ether oxygens (including phenoxy) is 2. The van der Waals surface area contributed by atoms with Crippen molar-refractivity contribution in [2.75, 3.05) is 19.5 Å². The highest BCUT2D eigenvalue weighted by atomic mass is 79.9. The van der Waals surface area contributed by atoms with E-state index in [0.717, 1.165) is 15.8 Å². The molecule has 0 amide bonds. The zero-order valence-electron chi connectivity index (χ0n) is 14.2. The highest BCUT2D eigenvalue weighted by Crippen LogP contribution is 2.34. The summed E-state index contributed by atoms with van der Waals surface area (Å²) in [5, 5.41) is 13.5. The minimum atomic E-state index is -1.04. The fourth-order valence-corrected chi connectivity index (χ4v) is 3.14. The van der Waals surface area contributed by atoms with Gasteiger partial charge in [-0.25, -0.2) is 4.79 Å². The number of fused-ring (bicyclic) bond motifs is 1. The number of benzene rings is 2. The van der Waals surface area contributed by atoms with Gasteiger partial charge in [0.25, 0.3) is 0 Å². The van der Waals surface area contributed by atoms with Crippen molar-refractivity contribution in [3.8, 4) is 11.5 Å². The maximum absolute atomic E-state index is 11.6. The number of hydrogen-bond donors (Lipinski definition) is 2. The van der Waals surface area contributed by atoms with Gasteiger partial charge >= 0.3 is 5.97 Å². The van der Waals surface area contributed by atoms with Crippen LogP contribution in [0, 0.1) is 0 Å². The molecule has 0 fully saturated rings. The third kappa shape index (κ3) is 3.57. The number of nitrogens with zero attached hydrogens (tertiary/aromatic N) is 1. The fraction of sp³-hybridized carbons (Fsp3) is 0.158.